The van der Waals surface area contributed by atoms with Crippen LogP contribution in [0.2, 0.25) is 0 Å². The van der Waals surface area contributed by atoms with Crippen LogP contribution in [0.3, 0.4) is 0 Å². The standard InChI is InChI=1S/C22H32N2O2/c1-17-4-2-3-5-19(17)15-24-11-8-22(9-12-24)10-13-26-16-20(22)23-21(25)14-18-6-7-18/h2-5,18,20H,6-16H2,1H3,(H,23,25)/t20-/m0/s1. The molecule has 0 aromatic heterocycles. The summed E-state index contributed by atoms with van der Waals surface area (Å²) >= 11 is 0. The van der Waals surface area contributed by atoms with Gasteiger partial charge < -0.3 is 10.1 Å². The predicted molar refractivity (Wildman–Crippen MR) is 103 cm³/mol. The summed E-state index contributed by atoms with van der Waals surface area (Å²) in [5.74, 6) is 0.885. The molecule has 1 aliphatic carbocycles. The molecule has 2 heterocycles. The zero-order valence-electron chi connectivity index (χ0n) is 16.0. The summed E-state index contributed by atoms with van der Waals surface area (Å²) in [7, 11) is 0. The molecule has 1 saturated carbocycles. The largest absolute Gasteiger partial charge is 0.379 e. The van der Waals surface area contributed by atoms with Gasteiger partial charge in [0.2, 0.25) is 5.91 Å². The van der Waals surface area contributed by atoms with Crippen molar-refractivity contribution < 1.29 is 9.53 Å². The normalized spacial score (nSPS) is 26.0. The van der Waals surface area contributed by atoms with Gasteiger partial charge >= 0.3 is 0 Å². The van der Waals surface area contributed by atoms with Crippen LogP contribution in [0.15, 0.2) is 24.3 Å². The molecule has 1 aromatic rings. The molecule has 1 aromatic carbocycles. The molecule has 1 spiro atoms. The Morgan fingerprint density at radius 2 is 2.00 bits per heavy atom. The molecule has 142 valence electrons. The van der Waals surface area contributed by atoms with Crippen LogP contribution in [0.1, 0.15) is 49.7 Å². The highest BCUT2D eigenvalue weighted by molar-refractivity contribution is 5.77. The first-order valence-electron chi connectivity index (χ1n) is 10.3. The quantitative estimate of drug-likeness (QED) is 0.880. The number of carbonyl (C=O) groups is 1. The number of hydrogen-bond acceptors (Lipinski definition) is 3. The molecule has 1 N–H and O–H groups in total. The van der Waals surface area contributed by atoms with Crippen molar-refractivity contribution in [2.24, 2.45) is 11.3 Å². The number of amides is 1. The Kier molecular flexibility index (Phi) is 5.32. The number of benzene rings is 1. The third-order valence-electron chi connectivity index (χ3n) is 6.78. The number of aryl methyl sites for hydroxylation is 1. The van der Waals surface area contributed by atoms with Crippen molar-refractivity contribution in [1.82, 2.24) is 10.2 Å². The van der Waals surface area contributed by atoms with Gasteiger partial charge in [-0.15, -0.1) is 0 Å². The molecule has 3 fully saturated rings. The molecule has 1 amide bonds. The van der Waals surface area contributed by atoms with E-state index < -0.39 is 0 Å². The monoisotopic (exact) mass is 356 g/mol. The number of nitrogens with zero attached hydrogens (tertiary/aromatic N) is 1. The molecule has 3 aliphatic rings. The van der Waals surface area contributed by atoms with E-state index in [4.69, 9.17) is 4.74 Å². The topological polar surface area (TPSA) is 41.6 Å². The van der Waals surface area contributed by atoms with Gasteiger partial charge in [-0.05, 0) is 74.6 Å². The lowest BCUT2D eigenvalue weighted by molar-refractivity contribution is -0.127. The van der Waals surface area contributed by atoms with Crippen LogP contribution < -0.4 is 5.32 Å². The second-order valence-electron chi connectivity index (χ2n) is 8.66. The zero-order valence-corrected chi connectivity index (χ0v) is 16.0. The average Bonchev–Trinajstić information content (AvgIpc) is 3.45. The third-order valence-corrected chi connectivity index (χ3v) is 6.78. The van der Waals surface area contributed by atoms with Gasteiger partial charge in [-0.25, -0.2) is 0 Å². The molecule has 2 aliphatic heterocycles. The van der Waals surface area contributed by atoms with Crippen molar-refractivity contribution >= 4 is 5.91 Å². The fourth-order valence-corrected chi connectivity index (χ4v) is 4.64. The van der Waals surface area contributed by atoms with Gasteiger partial charge in [-0.1, -0.05) is 24.3 Å². The lowest BCUT2D eigenvalue weighted by atomic mass is 9.69. The number of ether oxygens (including phenoxy) is 1. The number of piperidine rings is 1. The second-order valence-corrected chi connectivity index (χ2v) is 8.66. The average molecular weight is 357 g/mol. The zero-order chi connectivity index (χ0) is 18.0. The van der Waals surface area contributed by atoms with E-state index in [1.54, 1.807) is 0 Å². The molecule has 26 heavy (non-hydrogen) atoms. The highest BCUT2D eigenvalue weighted by Gasteiger charge is 2.44. The van der Waals surface area contributed by atoms with Gasteiger partial charge in [0, 0.05) is 19.6 Å². The highest BCUT2D eigenvalue weighted by atomic mass is 16.5. The SMILES string of the molecule is Cc1ccccc1CN1CCC2(CCOC[C@@H]2NC(=O)CC2CC2)CC1. The van der Waals surface area contributed by atoms with Gasteiger partial charge in [0.15, 0.2) is 0 Å². The third kappa shape index (κ3) is 4.12. The Labute approximate surface area is 157 Å². The van der Waals surface area contributed by atoms with Crippen LogP contribution in [-0.2, 0) is 16.1 Å². The molecule has 4 nitrogen and oxygen atoms in total. The van der Waals surface area contributed by atoms with Crippen molar-refractivity contribution in [2.75, 3.05) is 26.3 Å². The van der Waals surface area contributed by atoms with Crippen molar-refractivity contribution in [3.63, 3.8) is 0 Å². The maximum atomic E-state index is 12.4. The number of likely N-dealkylation sites (tertiary alicyclic amines) is 1. The molecule has 0 radical (unpaired) electrons. The molecule has 1 atom stereocenters. The van der Waals surface area contributed by atoms with Gasteiger partial charge in [-0.3, -0.25) is 9.69 Å². The fourth-order valence-electron chi connectivity index (χ4n) is 4.64. The Bertz CT molecular complexity index is 633. The molecular weight excluding hydrogens is 324 g/mol. The lowest BCUT2D eigenvalue weighted by Gasteiger charge is -2.49. The van der Waals surface area contributed by atoms with Gasteiger partial charge in [0.25, 0.3) is 0 Å². The molecular formula is C22H32N2O2. The number of nitrogens with one attached hydrogen (secondary N) is 1. The number of hydrogen-bond donors (Lipinski definition) is 1. The fraction of sp³-hybridized carbons (Fsp3) is 0.682. The van der Waals surface area contributed by atoms with Crippen LogP contribution in [0.4, 0.5) is 0 Å². The van der Waals surface area contributed by atoms with Gasteiger partial charge in [-0.2, -0.15) is 0 Å². The molecule has 0 unspecified atom stereocenters. The summed E-state index contributed by atoms with van der Waals surface area (Å²) in [4.78, 5) is 14.9. The number of carbonyl (C=O) groups excluding carboxylic acids is 1. The first-order valence-corrected chi connectivity index (χ1v) is 10.3. The Morgan fingerprint density at radius 3 is 2.73 bits per heavy atom. The van der Waals surface area contributed by atoms with E-state index in [-0.39, 0.29) is 17.4 Å². The summed E-state index contributed by atoms with van der Waals surface area (Å²) in [6.45, 7) is 7.00. The van der Waals surface area contributed by atoms with Crippen molar-refractivity contribution in [3.05, 3.63) is 35.4 Å². The lowest BCUT2D eigenvalue weighted by Crippen LogP contribution is -2.57. The summed E-state index contributed by atoms with van der Waals surface area (Å²) in [6, 6.07) is 8.89. The van der Waals surface area contributed by atoms with Crippen LogP contribution >= 0.6 is 0 Å². The van der Waals surface area contributed by atoms with E-state index in [9.17, 15) is 4.79 Å². The predicted octanol–water partition coefficient (Wildman–Crippen LogP) is 3.28. The molecule has 2 saturated heterocycles. The summed E-state index contributed by atoms with van der Waals surface area (Å²) in [6.07, 6.45) is 6.58. The van der Waals surface area contributed by atoms with Crippen molar-refractivity contribution in [2.45, 2.75) is 58.0 Å². The molecule has 0 bridgehead atoms. The van der Waals surface area contributed by atoms with Crippen molar-refractivity contribution in [3.8, 4) is 0 Å². The first kappa shape index (κ1) is 18.0. The Balaban J connectivity index is 1.35. The summed E-state index contributed by atoms with van der Waals surface area (Å²) in [5.41, 5.74) is 3.05. The minimum atomic E-state index is 0.197. The van der Waals surface area contributed by atoms with Crippen LogP contribution in [0.5, 0.6) is 0 Å². The minimum Gasteiger partial charge on any atom is -0.379 e. The van der Waals surface area contributed by atoms with E-state index >= 15 is 0 Å². The van der Waals surface area contributed by atoms with Crippen molar-refractivity contribution in [1.29, 1.82) is 0 Å². The maximum Gasteiger partial charge on any atom is 0.220 e. The van der Waals surface area contributed by atoms with E-state index in [2.05, 4.69) is 41.4 Å². The van der Waals surface area contributed by atoms with Crippen LogP contribution in [0, 0.1) is 18.3 Å². The van der Waals surface area contributed by atoms with Gasteiger partial charge in [0.1, 0.15) is 0 Å². The molecule has 4 rings (SSSR count). The maximum absolute atomic E-state index is 12.4. The smallest absolute Gasteiger partial charge is 0.220 e. The Morgan fingerprint density at radius 1 is 1.23 bits per heavy atom. The van der Waals surface area contributed by atoms with E-state index in [1.165, 1.54) is 24.0 Å². The van der Waals surface area contributed by atoms with E-state index in [0.29, 0.717) is 18.9 Å². The first-order chi connectivity index (χ1) is 12.6. The minimum absolute atomic E-state index is 0.197. The van der Waals surface area contributed by atoms with E-state index in [1.807, 2.05) is 0 Å². The molecule has 4 heteroatoms. The summed E-state index contributed by atoms with van der Waals surface area (Å²) < 4.78 is 5.74. The van der Waals surface area contributed by atoms with Crippen LogP contribution in [-0.4, -0.2) is 43.2 Å². The summed E-state index contributed by atoms with van der Waals surface area (Å²) in [5, 5.41) is 3.34. The van der Waals surface area contributed by atoms with Gasteiger partial charge in [0.05, 0.1) is 12.6 Å². The highest BCUT2D eigenvalue weighted by Crippen LogP contribution is 2.41. The van der Waals surface area contributed by atoms with Crippen LogP contribution in [0.25, 0.3) is 0 Å². The Hall–Kier alpha value is -1.39. The number of rotatable bonds is 5. The van der Waals surface area contributed by atoms with E-state index in [0.717, 1.165) is 45.5 Å². The second kappa shape index (κ2) is 7.69.